The minimum absolute atomic E-state index is 0.0544. The van der Waals surface area contributed by atoms with Gasteiger partial charge in [0.05, 0.1) is 5.69 Å². The second kappa shape index (κ2) is 6.57. The first-order chi connectivity index (χ1) is 13.6. The lowest BCUT2D eigenvalue weighted by Gasteiger charge is -2.41. The number of nitrogens with zero attached hydrogens (tertiary/aromatic N) is 2. The number of rotatable bonds is 3. The molecule has 1 atom stereocenters. The van der Waals surface area contributed by atoms with Crippen LogP contribution in [0.4, 0.5) is 5.69 Å². The third-order valence-corrected chi connectivity index (χ3v) is 6.76. The Kier molecular flexibility index (Phi) is 4.14. The largest absolute Gasteiger partial charge is 0.361 e. The highest BCUT2D eigenvalue weighted by molar-refractivity contribution is 7.08. The minimum Gasteiger partial charge on any atom is -0.361 e. The summed E-state index contributed by atoms with van der Waals surface area (Å²) in [5.74, 6) is 0.854. The number of carbonyl (C=O) groups excluding carboxylic acids is 1. The van der Waals surface area contributed by atoms with Crippen LogP contribution in [0.25, 0.3) is 11.1 Å². The van der Waals surface area contributed by atoms with E-state index in [1.165, 1.54) is 6.42 Å². The fourth-order valence-electron chi connectivity index (χ4n) is 4.82. The van der Waals surface area contributed by atoms with Gasteiger partial charge < -0.3 is 9.84 Å². The van der Waals surface area contributed by atoms with Gasteiger partial charge in [-0.15, -0.1) is 0 Å². The number of hydrogen-bond donors (Lipinski definition) is 1. The van der Waals surface area contributed by atoms with Crippen LogP contribution in [0.1, 0.15) is 41.8 Å². The number of benzene rings is 1. The van der Waals surface area contributed by atoms with Crippen molar-refractivity contribution in [2.75, 3.05) is 18.4 Å². The summed E-state index contributed by atoms with van der Waals surface area (Å²) in [4.78, 5) is 15.9. The Morgan fingerprint density at radius 3 is 2.68 bits per heavy atom. The van der Waals surface area contributed by atoms with Crippen molar-refractivity contribution in [2.45, 2.75) is 38.6 Å². The standard InChI is InChI=1S/C22H23N3O2S/c1-14-20(15(2)27-24-14)16-6-7-19-18(12-16)22(21(26)23-19,17-8-11-28-13-17)25-9-4-3-5-10-25/h6-8,11-13H,3-5,9-10H2,1-2H3,(H,23,26)/t22-/m0/s1. The van der Waals surface area contributed by atoms with Crippen molar-refractivity contribution in [1.82, 2.24) is 10.1 Å². The average Bonchev–Trinajstić information content (AvgIpc) is 3.41. The molecule has 0 saturated carbocycles. The van der Waals surface area contributed by atoms with Gasteiger partial charge in [0.1, 0.15) is 5.76 Å². The van der Waals surface area contributed by atoms with E-state index >= 15 is 0 Å². The average molecular weight is 394 g/mol. The van der Waals surface area contributed by atoms with E-state index in [0.717, 1.165) is 65.3 Å². The Morgan fingerprint density at radius 2 is 2.00 bits per heavy atom. The molecule has 1 N–H and O–H groups in total. The van der Waals surface area contributed by atoms with Gasteiger partial charge in [0, 0.05) is 16.8 Å². The Bertz CT molecular complexity index is 1010. The van der Waals surface area contributed by atoms with E-state index in [2.05, 4.69) is 38.3 Å². The van der Waals surface area contributed by atoms with Crippen LogP contribution in [-0.4, -0.2) is 29.1 Å². The number of aryl methyl sites for hydroxylation is 2. The third-order valence-electron chi connectivity index (χ3n) is 6.08. The molecule has 0 aliphatic carbocycles. The monoisotopic (exact) mass is 393 g/mol. The summed E-state index contributed by atoms with van der Waals surface area (Å²) < 4.78 is 5.39. The van der Waals surface area contributed by atoms with E-state index in [0.29, 0.717) is 0 Å². The summed E-state index contributed by atoms with van der Waals surface area (Å²) in [6, 6.07) is 8.32. The van der Waals surface area contributed by atoms with E-state index in [1.54, 1.807) is 11.3 Å². The number of anilines is 1. The molecule has 2 aliphatic heterocycles. The molecule has 0 radical (unpaired) electrons. The van der Waals surface area contributed by atoms with Crippen LogP contribution in [0.5, 0.6) is 0 Å². The number of nitrogens with one attached hydrogen (secondary N) is 1. The maximum atomic E-state index is 13.5. The van der Waals surface area contributed by atoms with Gasteiger partial charge in [-0.05, 0) is 79.9 Å². The van der Waals surface area contributed by atoms with Gasteiger partial charge >= 0.3 is 0 Å². The summed E-state index contributed by atoms with van der Waals surface area (Å²) in [6.07, 6.45) is 3.47. The molecule has 2 aliphatic rings. The molecule has 4 heterocycles. The lowest BCUT2D eigenvalue weighted by Crippen LogP contribution is -2.53. The predicted molar refractivity (Wildman–Crippen MR) is 111 cm³/mol. The number of thiophene rings is 1. The second-order valence-electron chi connectivity index (χ2n) is 7.68. The molecule has 6 heteroatoms. The summed E-state index contributed by atoms with van der Waals surface area (Å²) in [6.45, 7) is 5.75. The Balaban J connectivity index is 1.74. The summed E-state index contributed by atoms with van der Waals surface area (Å²) in [5, 5.41) is 11.4. The lowest BCUT2D eigenvalue weighted by atomic mass is 9.81. The van der Waals surface area contributed by atoms with Crippen molar-refractivity contribution in [3.63, 3.8) is 0 Å². The molecule has 0 unspecified atom stereocenters. The lowest BCUT2D eigenvalue weighted by molar-refractivity contribution is -0.126. The van der Waals surface area contributed by atoms with Crippen LogP contribution in [0.2, 0.25) is 0 Å². The maximum absolute atomic E-state index is 13.5. The first-order valence-electron chi connectivity index (χ1n) is 9.79. The SMILES string of the molecule is Cc1noc(C)c1-c1ccc2c(c1)[C@](c1ccsc1)(N1CCCCC1)C(=O)N2. The predicted octanol–water partition coefficient (Wildman–Crippen LogP) is 4.70. The molecule has 3 aromatic rings. The number of amides is 1. The molecular weight excluding hydrogens is 370 g/mol. The van der Waals surface area contributed by atoms with Crippen molar-refractivity contribution in [2.24, 2.45) is 0 Å². The fraction of sp³-hybridized carbons (Fsp3) is 0.364. The molecule has 28 heavy (non-hydrogen) atoms. The number of aromatic nitrogens is 1. The van der Waals surface area contributed by atoms with Crippen molar-refractivity contribution in [3.8, 4) is 11.1 Å². The van der Waals surface area contributed by atoms with Gasteiger partial charge in [-0.2, -0.15) is 11.3 Å². The van der Waals surface area contributed by atoms with Crippen molar-refractivity contribution < 1.29 is 9.32 Å². The summed E-state index contributed by atoms with van der Waals surface area (Å²) in [7, 11) is 0. The molecule has 0 bridgehead atoms. The molecule has 1 aromatic carbocycles. The Morgan fingerprint density at radius 1 is 1.18 bits per heavy atom. The Hall–Kier alpha value is -2.44. The van der Waals surface area contributed by atoms with E-state index < -0.39 is 5.54 Å². The van der Waals surface area contributed by atoms with Crippen LogP contribution >= 0.6 is 11.3 Å². The number of piperidine rings is 1. The first-order valence-corrected chi connectivity index (χ1v) is 10.7. The van der Waals surface area contributed by atoms with E-state index in [-0.39, 0.29) is 5.91 Å². The molecule has 144 valence electrons. The van der Waals surface area contributed by atoms with E-state index in [1.807, 2.05) is 26.0 Å². The van der Waals surface area contributed by atoms with Crippen LogP contribution in [0, 0.1) is 13.8 Å². The number of likely N-dealkylation sites (tertiary alicyclic amines) is 1. The van der Waals surface area contributed by atoms with Gasteiger partial charge in [-0.3, -0.25) is 9.69 Å². The van der Waals surface area contributed by atoms with Gasteiger partial charge in [-0.1, -0.05) is 17.6 Å². The highest BCUT2D eigenvalue weighted by Crippen LogP contribution is 2.48. The fourth-order valence-corrected chi connectivity index (χ4v) is 5.52. The molecule has 1 fully saturated rings. The molecule has 5 nitrogen and oxygen atoms in total. The zero-order valence-corrected chi connectivity index (χ0v) is 16.9. The zero-order valence-electron chi connectivity index (χ0n) is 16.1. The van der Waals surface area contributed by atoms with Crippen molar-refractivity contribution in [1.29, 1.82) is 0 Å². The number of hydrogen-bond acceptors (Lipinski definition) is 5. The Labute approximate surface area is 168 Å². The smallest absolute Gasteiger partial charge is 0.254 e. The topological polar surface area (TPSA) is 58.4 Å². The molecule has 0 spiro atoms. The van der Waals surface area contributed by atoms with Crippen molar-refractivity contribution in [3.05, 3.63) is 57.6 Å². The maximum Gasteiger partial charge on any atom is 0.254 e. The summed E-state index contributed by atoms with van der Waals surface area (Å²) in [5.41, 5.74) is 5.17. The second-order valence-corrected chi connectivity index (χ2v) is 8.46. The number of fused-ring (bicyclic) bond motifs is 1. The van der Waals surface area contributed by atoms with E-state index in [4.69, 9.17) is 4.52 Å². The minimum atomic E-state index is -0.759. The molecule has 1 amide bonds. The van der Waals surface area contributed by atoms with Gasteiger partial charge in [0.2, 0.25) is 0 Å². The van der Waals surface area contributed by atoms with Gasteiger partial charge in [0.15, 0.2) is 5.54 Å². The van der Waals surface area contributed by atoms with Crippen LogP contribution < -0.4 is 5.32 Å². The summed E-state index contributed by atoms with van der Waals surface area (Å²) >= 11 is 1.64. The molecule has 2 aromatic heterocycles. The van der Waals surface area contributed by atoms with Crippen molar-refractivity contribution >= 4 is 22.9 Å². The van der Waals surface area contributed by atoms with Gasteiger partial charge in [0.25, 0.3) is 5.91 Å². The third kappa shape index (κ3) is 2.41. The highest BCUT2D eigenvalue weighted by atomic mass is 32.1. The van der Waals surface area contributed by atoms with Crippen LogP contribution in [0.15, 0.2) is 39.5 Å². The highest BCUT2D eigenvalue weighted by Gasteiger charge is 2.53. The quantitative estimate of drug-likeness (QED) is 0.701. The molecule has 1 saturated heterocycles. The van der Waals surface area contributed by atoms with Crippen LogP contribution in [0.3, 0.4) is 0 Å². The van der Waals surface area contributed by atoms with E-state index in [9.17, 15) is 4.79 Å². The normalized spacial score (nSPS) is 22.3. The van der Waals surface area contributed by atoms with Gasteiger partial charge in [-0.25, -0.2) is 0 Å². The molecule has 5 rings (SSSR count). The first kappa shape index (κ1) is 17.6. The zero-order chi connectivity index (χ0) is 19.3. The molecular formula is C22H23N3O2S. The van der Waals surface area contributed by atoms with Crippen LogP contribution in [-0.2, 0) is 10.3 Å². The number of carbonyl (C=O) groups is 1.